The molecule has 5 rings (SSSR count). The quantitative estimate of drug-likeness (QED) is 0.390. The lowest BCUT2D eigenvalue weighted by molar-refractivity contribution is -0.145. The highest BCUT2D eigenvalue weighted by Gasteiger charge is 2.40. The molecule has 0 spiro atoms. The molecule has 3 heterocycles. The number of allylic oxidation sites excluding steroid dienone is 1. The lowest BCUT2D eigenvalue weighted by Crippen LogP contribution is -2.21. The van der Waals surface area contributed by atoms with Gasteiger partial charge in [-0.2, -0.15) is 23.3 Å². The molecule has 0 saturated carbocycles. The zero-order valence-corrected chi connectivity index (χ0v) is 17.7. The summed E-state index contributed by atoms with van der Waals surface area (Å²) in [4.78, 5) is 3.65. The van der Waals surface area contributed by atoms with Crippen LogP contribution in [0, 0.1) is 12.7 Å². The van der Waals surface area contributed by atoms with Crippen molar-refractivity contribution in [3.63, 3.8) is 0 Å². The van der Waals surface area contributed by atoms with Gasteiger partial charge in [-0.05, 0) is 55.0 Å². The Kier molecular flexibility index (Phi) is 4.97. The molecular weight excluding hydrogens is 460 g/mol. The minimum atomic E-state index is -4.74. The smallest absolute Gasteiger partial charge is 0.324 e. The van der Waals surface area contributed by atoms with Gasteiger partial charge in [0.15, 0.2) is 0 Å². The van der Waals surface area contributed by atoms with Crippen molar-refractivity contribution in [3.05, 3.63) is 94.3 Å². The maximum absolute atomic E-state index is 13.4. The minimum Gasteiger partial charge on any atom is -0.324 e. The van der Waals surface area contributed by atoms with Crippen LogP contribution in [0.2, 0.25) is 5.15 Å². The Balaban J connectivity index is 1.69. The molecule has 0 amide bonds. The summed E-state index contributed by atoms with van der Waals surface area (Å²) >= 11 is 6.69. The lowest BCUT2D eigenvalue weighted by atomic mass is 10.0. The van der Waals surface area contributed by atoms with Crippen LogP contribution in [0.3, 0.4) is 0 Å². The third-order valence-electron chi connectivity index (χ3n) is 5.22. The monoisotopic (exact) mass is 474 g/mol. The van der Waals surface area contributed by atoms with Gasteiger partial charge in [-0.3, -0.25) is 0 Å². The summed E-state index contributed by atoms with van der Waals surface area (Å²) in [6, 6.07) is 13.8. The molecule has 168 valence electrons. The summed E-state index contributed by atoms with van der Waals surface area (Å²) in [7, 11) is 0. The molecule has 1 N–H and O–H groups in total. The Bertz CT molecular complexity index is 1360. The maximum atomic E-state index is 13.4. The van der Waals surface area contributed by atoms with Crippen LogP contribution in [0.1, 0.15) is 28.7 Å². The molecule has 0 saturated heterocycles. The largest absolute Gasteiger partial charge is 0.453 e. The first kappa shape index (κ1) is 21.2. The second kappa shape index (κ2) is 7.73. The van der Waals surface area contributed by atoms with Crippen molar-refractivity contribution in [1.29, 1.82) is 0 Å². The van der Waals surface area contributed by atoms with Gasteiger partial charge < -0.3 is 5.32 Å². The number of anilines is 1. The fraction of sp³-hybridized carbons (Fsp3) is 0.136. The number of aryl methyl sites for hydroxylation is 1. The second-order valence-corrected chi connectivity index (χ2v) is 7.75. The van der Waals surface area contributed by atoms with Gasteiger partial charge in [-0.15, -0.1) is 5.10 Å². The van der Waals surface area contributed by atoms with Crippen LogP contribution in [0.5, 0.6) is 0 Å². The van der Waals surface area contributed by atoms with Crippen molar-refractivity contribution >= 4 is 23.2 Å². The van der Waals surface area contributed by atoms with E-state index in [1.165, 1.54) is 28.9 Å². The van der Waals surface area contributed by atoms with E-state index >= 15 is 0 Å². The summed E-state index contributed by atoms with van der Waals surface area (Å²) in [6.07, 6.45) is -3.07. The number of aromatic nitrogens is 5. The van der Waals surface area contributed by atoms with Gasteiger partial charge in [-0.1, -0.05) is 29.8 Å². The Labute approximate surface area is 190 Å². The number of rotatable bonds is 3. The predicted octanol–water partition coefficient (Wildman–Crippen LogP) is 5.64. The first-order valence-corrected chi connectivity index (χ1v) is 10.2. The number of para-hydroxylation sites is 1. The van der Waals surface area contributed by atoms with Gasteiger partial charge in [0.05, 0.1) is 11.4 Å². The molecule has 2 aromatic heterocycles. The average molecular weight is 475 g/mol. The van der Waals surface area contributed by atoms with Crippen LogP contribution in [-0.2, 0) is 6.18 Å². The molecule has 0 aliphatic carbocycles. The van der Waals surface area contributed by atoms with Crippen molar-refractivity contribution in [3.8, 4) is 5.69 Å². The van der Waals surface area contributed by atoms with E-state index in [0.29, 0.717) is 28.2 Å². The molecule has 0 radical (unpaired) electrons. The molecule has 4 aromatic rings. The molecule has 2 aromatic carbocycles. The van der Waals surface area contributed by atoms with E-state index in [0.717, 1.165) is 4.68 Å². The van der Waals surface area contributed by atoms with E-state index in [1.54, 1.807) is 13.0 Å². The van der Waals surface area contributed by atoms with Crippen LogP contribution in [-0.4, -0.2) is 24.5 Å². The van der Waals surface area contributed by atoms with Crippen molar-refractivity contribution in [2.45, 2.75) is 19.1 Å². The third kappa shape index (κ3) is 3.76. The van der Waals surface area contributed by atoms with Crippen LogP contribution in [0.25, 0.3) is 11.4 Å². The lowest BCUT2D eigenvalue weighted by Gasteiger charge is -2.24. The molecule has 11 heteroatoms. The first-order valence-electron chi connectivity index (χ1n) is 9.81. The van der Waals surface area contributed by atoms with Gasteiger partial charge in [0.25, 0.3) is 5.82 Å². The van der Waals surface area contributed by atoms with E-state index in [4.69, 9.17) is 11.6 Å². The normalized spacial score (nSPS) is 15.7. The number of nitrogens with one attached hydrogen (secondary N) is 1. The van der Waals surface area contributed by atoms with Crippen molar-refractivity contribution in [1.82, 2.24) is 24.5 Å². The van der Waals surface area contributed by atoms with Gasteiger partial charge in [0, 0.05) is 11.3 Å². The van der Waals surface area contributed by atoms with E-state index < -0.39 is 23.9 Å². The Hall–Kier alpha value is -3.66. The second-order valence-electron chi connectivity index (χ2n) is 7.40. The number of halogens is 5. The number of alkyl halides is 3. The highest BCUT2D eigenvalue weighted by molar-refractivity contribution is 6.30. The molecule has 6 nitrogen and oxygen atoms in total. The van der Waals surface area contributed by atoms with Crippen LogP contribution >= 0.6 is 11.6 Å². The van der Waals surface area contributed by atoms with Crippen LogP contribution < -0.4 is 5.32 Å². The summed E-state index contributed by atoms with van der Waals surface area (Å²) in [5.74, 6) is -1.83. The Morgan fingerprint density at radius 1 is 1.00 bits per heavy atom. The highest BCUT2D eigenvalue weighted by atomic mass is 35.5. The number of benzene rings is 2. The van der Waals surface area contributed by atoms with Crippen LogP contribution in [0.15, 0.2) is 60.7 Å². The van der Waals surface area contributed by atoms with E-state index in [1.807, 2.05) is 30.3 Å². The van der Waals surface area contributed by atoms with Gasteiger partial charge >= 0.3 is 6.18 Å². The zero-order chi connectivity index (χ0) is 23.3. The fourth-order valence-electron chi connectivity index (χ4n) is 3.70. The topological polar surface area (TPSA) is 60.6 Å². The average Bonchev–Trinajstić information content (AvgIpc) is 3.35. The highest BCUT2D eigenvalue weighted by Crippen LogP contribution is 2.39. The Morgan fingerprint density at radius 3 is 2.36 bits per heavy atom. The number of hydrogen-bond acceptors (Lipinski definition) is 4. The number of fused-ring (bicyclic) bond motifs is 1. The van der Waals surface area contributed by atoms with Crippen molar-refractivity contribution in [2.24, 2.45) is 0 Å². The number of nitrogens with zero attached hydrogens (tertiary/aromatic N) is 5. The van der Waals surface area contributed by atoms with E-state index in [-0.39, 0.29) is 11.1 Å². The van der Waals surface area contributed by atoms with Crippen molar-refractivity contribution in [2.75, 3.05) is 5.32 Å². The molecule has 1 atom stereocenters. The summed E-state index contributed by atoms with van der Waals surface area (Å²) in [5.41, 5.74) is 2.69. The summed E-state index contributed by atoms with van der Waals surface area (Å²) < 4.78 is 56.2. The predicted molar refractivity (Wildman–Crippen MR) is 114 cm³/mol. The number of hydrogen-bond donors (Lipinski definition) is 1. The van der Waals surface area contributed by atoms with E-state index in [2.05, 4.69) is 20.5 Å². The molecule has 0 bridgehead atoms. The third-order valence-corrected chi connectivity index (χ3v) is 5.58. The van der Waals surface area contributed by atoms with E-state index in [9.17, 15) is 17.6 Å². The van der Waals surface area contributed by atoms with Crippen LogP contribution in [0.4, 0.5) is 23.5 Å². The summed E-state index contributed by atoms with van der Waals surface area (Å²) in [6.45, 7) is 1.72. The molecule has 0 fully saturated rings. The molecular formula is C22H15ClF4N6. The first-order chi connectivity index (χ1) is 15.7. The standard InChI is InChI=1S/C22H15ClF4N6/c1-12-18(19(23)32(30-12)15-5-3-2-4-6-15)17-11-16(13-7-9-14(24)10-8-13)28-21-29-20(22(25,26)27)31-33(17)21/h2-11,17H,1H3,(H,28,29,31)/t17-/m1/s1. The fourth-order valence-corrected chi connectivity index (χ4v) is 4.09. The molecule has 1 aliphatic rings. The van der Waals surface area contributed by atoms with Crippen molar-refractivity contribution < 1.29 is 17.6 Å². The molecule has 33 heavy (non-hydrogen) atoms. The van der Waals surface area contributed by atoms with Gasteiger partial charge in [-0.25, -0.2) is 13.8 Å². The van der Waals surface area contributed by atoms with Gasteiger partial charge in [0.1, 0.15) is 17.0 Å². The summed E-state index contributed by atoms with van der Waals surface area (Å²) in [5, 5.41) is 11.3. The van der Waals surface area contributed by atoms with Gasteiger partial charge in [0.2, 0.25) is 5.95 Å². The Morgan fingerprint density at radius 2 is 1.70 bits per heavy atom. The maximum Gasteiger partial charge on any atom is 0.453 e. The minimum absolute atomic E-state index is 0.114. The molecule has 0 unspecified atom stereocenters. The zero-order valence-electron chi connectivity index (χ0n) is 17.0. The molecule has 1 aliphatic heterocycles. The SMILES string of the molecule is Cc1nn(-c2ccccc2)c(Cl)c1[C@H]1C=C(c2ccc(F)cc2)Nc2nc(C(F)(F)F)nn21.